The maximum absolute atomic E-state index is 14.4. The molecule has 6 nitrogen and oxygen atoms in total. The summed E-state index contributed by atoms with van der Waals surface area (Å²) in [5.41, 5.74) is 0.639. The van der Waals surface area contributed by atoms with E-state index in [4.69, 9.17) is 9.47 Å². The minimum Gasteiger partial charge on any atom is -0.493 e. The van der Waals surface area contributed by atoms with E-state index in [1.54, 1.807) is 12.1 Å². The van der Waals surface area contributed by atoms with E-state index in [0.717, 1.165) is 6.07 Å². The number of anilines is 1. The second kappa shape index (κ2) is 8.88. The fourth-order valence-corrected chi connectivity index (χ4v) is 3.97. The van der Waals surface area contributed by atoms with Crippen LogP contribution in [0.1, 0.15) is 57.4 Å². The van der Waals surface area contributed by atoms with Crippen LogP contribution in [0.25, 0.3) is 0 Å². The lowest BCUT2D eigenvalue weighted by molar-refractivity contribution is -0.131. The highest BCUT2D eigenvalue weighted by Gasteiger charge is 2.51. The highest BCUT2D eigenvalue weighted by molar-refractivity contribution is 5.95. The van der Waals surface area contributed by atoms with Crippen molar-refractivity contribution in [2.24, 2.45) is 5.92 Å². The van der Waals surface area contributed by atoms with Gasteiger partial charge in [-0.25, -0.2) is 4.39 Å². The molecule has 3 rings (SSSR count). The van der Waals surface area contributed by atoms with Gasteiger partial charge in [0, 0.05) is 11.5 Å². The number of carbonyl (C=O) groups excluding carboxylic acids is 1. The summed E-state index contributed by atoms with van der Waals surface area (Å²) in [6.07, 6.45) is 0.363. The standard InChI is InChI=1S/C23H28F2N2O4/c1-6-17(28)16-10-7-13(11-26-16)27-22(29)21-18(12(2)23(3,4)31-21)14-8-9-15(24)19(25)20(14)30-5/h7-12,17-18,21,28H,6H2,1-5H3,(H,27,29)/t12-,17-,18-,21+/m0/s1. The number of amides is 1. The van der Waals surface area contributed by atoms with Gasteiger partial charge in [0.2, 0.25) is 5.82 Å². The highest BCUT2D eigenvalue weighted by atomic mass is 19.2. The van der Waals surface area contributed by atoms with E-state index in [1.807, 2.05) is 27.7 Å². The number of aromatic nitrogens is 1. The molecule has 2 N–H and O–H groups in total. The maximum Gasteiger partial charge on any atom is 0.254 e. The summed E-state index contributed by atoms with van der Waals surface area (Å²) in [4.78, 5) is 17.3. The Balaban J connectivity index is 1.91. The van der Waals surface area contributed by atoms with Gasteiger partial charge in [0.15, 0.2) is 11.6 Å². The van der Waals surface area contributed by atoms with Crippen molar-refractivity contribution in [2.75, 3.05) is 12.4 Å². The van der Waals surface area contributed by atoms with E-state index in [0.29, 0.717) is 23.4 Å². The SMILES string of the molecule is CC[C@H](O)c1ccc(NC(=O)[C@@H]2OC(C)(C)[C@@H](C)[C@H]2c2ccc(F)c(F)c2OC)cn1. The number of hydrogen-bond acceptors (Lipinski definition) is 5. The van der Waals surface area contributed by atoms with Crippen LogP contribution in [0.4, 0.5) is 14.5 Å². The van der Waals surface area contributed by atoms with E-state index in [-0.39, 0.29) is 11.7 Å². The summed E-state index contributed by atoms with van der Waals surface area (Å²) in [6, 6.07) is 5.76. The number of pyridine rings is 1. The Morgan fingerprint density at radius 1 is 1.32 bits per heavy atom. The lowest BCUT2D eigenvalue weighted by Gasteiger charge is -2.25. The average molecular weight is 434 g/mol. The molecule has 4 atom stereocenters. The molecule has 0 unspecified atom stereocenters. The van der Waals surface area contributed by atoms with Crippen LogP contribution in [0.5, 0.6) is 5.75 Å². The number of carbonyl (C=O) groups is 1. The van der Waals surface area contributed by atoms with Gasteiger partial charge in [-0.05, 0) is 44.4 Å². The zero-order valence-corrected chi connectivity index (χ0v) is 18.3. The van der Waals surface area contributed by atoms with Crippen LogP contribution in [0.15, 0.2) is 30.5 Å². The van der Waals surface area contributed by atoms with Gasteiger partial charge in [0.25, 0.3) is 5.91 Å². The van der Waals surface area contributed by atoms with Crippen molar-refractivity contribution in [3.8, 4) is 5.75 Å². The molecule has 0 radical (unpaired) electrons. The van der Waals surface area contributed by atoms with E-state index >= 15 is 0 Å². The van der Waals surface area contributed by atoms with E-state index in [9.17, 15) is 18.7 Å². The number of aliphatic hydroxyl groups is 1. The molecular formula is C23H28F2N2O4. The molecule has 0 spiro atoms. The molecule has 0 bridgehead atoms. The Hall–Kier alpha value is -2.58. The zero-order valence-electron chi connectivity index (χ0n) is 18.3. The van der Waals surface area contributed by atoms with Crippen LogP contribution in [-0.4, -0.2) is 34.8 Å². The molecule has 1 aliphatic heterocycles. The second-order valence-corrected chi connectivity index (χ2v) is 8.33. The third kappa shape index (κ3) is 4.41. The maximum atomic E-state index is 14.4. The van der Waals surface area contributed by atoms with Gasteiger partial charge in [-0.15, -0.1) is 0 Å². The summed E-state index contributed by atoms with van der Waals surface area (Å²) < 4.78 is 39.3. The third-order valence-corrected chi connectivity index (χ3v) is 6.08. The van der Waals surface area contributed by atoms with Gasteiger partial charge in [-0.3, -0.25) is 9.78 Å². The number of methoxy groups -OCH3 is 1. The Labute approximate surface area is 180 Å². The smallest absolute Gasteiger partial charge is 0.254 e. The van der Waals surface area contributed by atoms with Crippen molar-refractivity contribution >= 4 is 11.6 Å². The fourth-order valence-electron chi connectivity index (χ4n) is 3.97. The molecule has 168 valence electrons. The fraction of sp³-hybridized carbons (Fsp3) is 0.478. The lowest BCUT2D eigenvalue weighted by atomic mass is 9.78. The summed E-state index contributed by atoms with van der Waals surface area (Å²) in [6.45, 7) is 7.45. The number of rotatable bonds is 6. The highest BCUT2D eigenvalue weighted by Crippen LogP contribution is 2.49. The van der Waals surface area contributed by atoms with Crippen LogP contribution in [0, 0.1) is 17.6 Å². The first kappa shape index (κ1) is 23.1. The zero-order chi connectivity index (χ0) is 22.9. The van der Waals surface area contributed by atoms with Gasteiger partial charge in [0.05, 0.1) is 36.4 Å². The number of halogens is 2. The van der Waals surface area contributed by atoms with E-state index in [2.05, 4.69) is 10.3 Å². The first-order valence-corrected chi connectivity index (χ1v) is 10.2. The Morgan fingerprint density at radius 3 is 2.61 bits per heavy atom. The molecule has 2 aromatic rings. The van der Waals surface area contributed by atoms with Crippen molar-refractivity contribution in [3.63, 3.8) is 0 Å². The lowest BCUT2D eigenvalue weighted by Crippen LogP contribution is -2.33. The van der Waals surface area contributed by atoms with Gasteiger partial charge in [-0.1, -0.05) is 19.9 Å². The molecule has 1 saturated heterocycles. The Kier molecular flexibility index (Phi) is 6.62. The van der Waals surface area contributed by atoms with Crippen LogP contribution in [0.3, 0.4) is 0 Å². The average Bonchev–Trinajstić information content (AvgIpc) is 2.99. The van der Waals surface area contributed by atoms with Crippen molar-refractivity contribution in [2.45, 2.75) is 57.8 Å². The number of hydrogen-bond donors (Lipinski definition) is 2. The molecular weight excluding hydrogens is 406 g/mol. The van der Waals surface area contributed by atoms with Gasteiger partial charge in [-0.2, -0.15) is 4.39 Å². The molecule has 1 aromatic carbocycles. The topological polar surface area (TPSA) is 80.7 Å². The minimum absolute atomic E-state index is 0.192. The molecule has 1 aliphatic rings. The number of nitrogens with one attached hydrogen (secondary N) is 1. The Morgan fingerprint density at radius 2 is 2.03 bits per heavy atom. The largest absolute Gasteiger partial charge is 0.493 e. The van der Waals surface area contributed by atoms with Crippen LogP contribution >= 0.6 is 0 Å². The molecule has 2 heterocycles. The van der Waals surface area contributed by atoms with E-state index < -0.39 is 41.3 Å². The predicted octanol–water partition coefficient (Wildman–Crippen LogP) is 4.35. The number of benzene rings is 1. The molecule has 1 amide bonds. The van der Waals surface area contributed by atoms with Crippen LogP contribution < -0.4 is 10.1 Å². The van der Waals surface area contributed by atoms with E-state index in [1.165, 1.54) is 19.4 Å². The normalized spacial score (nSPS) is 23.4. The van der Waals surface area contributed by atoms with Crippen LogP contribution in [0.2, 0.25) is 0 Å². The second-order valence-electron chi connectivity index (χ2n) is 8.33. The summed E-state index contributed by atoms with van der Waals surface area (Å²) in [5.74, 6) is -3.52. The summed E-state index contributed by atoms with van der Waals surface area (Å²) in [7, 11) is 1.26. The number of aliphatic hydroxyl groups excluding tert-OH is 1. The van der Waals surface area contributed by atoms with Gasteiger partial charge < -0.3 is 19.9 Å². The quantitative estimate of drug-likeness (QED) is 0.707. The monoisotopic (exact) mass is 434 g/mol. The van der Waals surface area contributed by atoms with Gasteiger partial charge in [0.1, 0.15) is 6.10 Å². The molecule has 8 heteroatoms. The van der Waals surface area contributed by atoms with Crippen molar-refractivity contribution < 1.29 is 28.2 Å². The first-order chi connectivity index (χ1) is 14.6. The molecule has 31 heavy (non-hydrogen) atoms. The van der Waals surface area contributed by atoms with Gasteiger partial charge >= 0.3 is 0 Å². The van der Waals surface area contributed by atoms with Crippen LogP contribution in [-0.2, 0) is 9.53 Å². The predicted molar refractivity (Wildman–Crippen MR) is 112 cm³/mol. The summed E-state index contributed by atoms with van der Waals surface area (Å²) >= 11 is 0. The van der Waals surface area contributed by atoms with Crippen molar-refractivity contribution in [1.82, 2.24) is 4.98 Å². The summed E-state index contributed by atoms with van der Waals surface area (Å²) in [5, 5.41) is 12.6. The number of ether oxygens (including phenoxy) is 2. The number of nitrogens with zero attached hydrogens (tertiary/aromatic N) is 1. The van der Waals surface area contributed by atoms with Crippen molar-refractivity contribution in [1.29, 1.82) is 0 Å². The molecule has 0 aliphatic carbocycles. The first-order valence-electron chi connectivity index (χ1n) is 10.2. The molecule has 1 aromatic heterocycles. The van der Waals surface area contributed by atoms with Crippen molar-refractivity contribution in [3.05, 3.63) is 53.4 Å². The molecule has 1 fully saturated rings. The molecule has 0 saturated carbocycles. The Bertz CT molecular complexity index is 949. The minimum atomic E-state index is -1.09. The third-order valence-electron chi connectivity index (χ3n) is 6.08.